The van der Waals surface area contributed by atoms with Crippen LogP contribution in [0, 0.1) is 18.3 Å². The molecule has 1 aromatic carbocycles. The van der Waals surface area contributed by atoms with Gasteiger partial charge in [-0.2, -0.15) is 0 Å². The largest absolute Gasteiger partial charge is 0.320 e. The Morgan fingerprint density at radius 3 is 2.76 bits per heavy atom. The number of thioether (sulfide) groups is 1. The van der Waals surface area contributed by atoms with Gasteiger partial charge in [-0.05, 0) is 36.5 Å². The van der Waals surface area contributed by atoms with Crippen molar-refractivity contribution in [2.75, 3.05) is 17.2 Å². The van der Waals surface area contributed by atoms with Crippen LogP contribution in [0.4, 0.5) is 5.69 Å². The van der Waals surface area contributed by atoms with Crippen molar-refractivity contribution in [3.05, 3.63) is 29.3 Å². The number of aryl methyl sites for hydroxylation is 1. The second-order valence-electron chi connectivity index (χ2n) is 5.04. The lowest BCUT2D eigenvalue weighted by molar-refractivity contribution is 0.647. The minimum atomic E-state index is 0.654. The maximum absolute atomic E-state index is 7.98. The topological polar surface area (TPSA) is 27.1 Å². The molecule has 0 atom stereocenters. The molecule has 3 heteroatoms. The van der Waals surface area contributed by atoms with Crippen molar-refractivity contribution in [3.63, 3.8) is 0 Å². The number of rotatable bonds is 3. The molecule has 0 spiro atoms. The molecule has 1 aromatic rings. The fourth-order valence-electron chi connectivity index (χ4n) is 2.18. The normalized spacial score (nSPS) is 16.0. The lowest BCUT2D eigenvalue weighted by Gasteiger charge is -2.22. The average molecular weight is 248 g/mol. The Labute approximate surface area is 108 Å². The molecule has 0 saturated carbocycles. The Kier molecular flexibility index (Phi) is 3.77. The van der Waals surface area contributed by atoms with Crippen LogP contribution in [0.25, 0.3) is 0 Å². The SMILES string of the molecule is Cc1ccc(CC(C)C)c(N2CCSC2=N)c1. The third kappa shape index (κ3) is 2.83. The minimum Gasteiger partial charge on any atom is -0.320 e. The molecule has 0 bridgehead atoms. The van der Waals surface area contributed by atoms with Crippen molar-refractivity contribution in [1.29, 1.82) is 5.41 Å². The molecule has 17 heavy (non-hydrogen) atoms. The molecule has 92 valence electrons. The molecule has 1 aliphatic rings. The van der Waals surface area contributed by atoms with Crippen LogP contribution in [0.3, 0.4) is 0 Å². The molecule has 0 aliphatic carbocycles. The number of amidine groups is 1. The number of hydrogen-bond acceptors (Lipinski definition) is 2. The van der Waals surface area contributed by atoms with Crippen molar-refractivity contribution in [2.45, 2.75) is 27.2 Å². The lowest BCUT2D eigenvalue weighted by atomic mass is 9.99. The Morgan fingerprint density at radius 1 is 1.41 bits per heavy atom. The summed E-state index contributed by atoms with van der Waals surface area (Å²) in [6.07, 6.45) is 1.09. The Morgan fingerprint density at radius 2 is 2.18 bits per heavy atom. The van der Waals surface area contributed by atoms with E-state index in [4.69, 9.17) is 5.41 Å². The van der Waals surface area contributed by atoms with Crippen molar-refractivity contribution in [2.24, 2.45) is 5.92 Å². The smallest absolute Gasteiger partial charge is 0.160 e. The van der Waals surface area contributed by atoms with Gasteiger partial charge in [0.05, 0.1) is 0 Å². The Bertz CT molecular complexity index is 426. The molecule has 1 aliphatic heterocycles. The maximum atomic E-state index is 7.98. The maximum Gasteiger partial charge on any atom is 0.160 e. The van der Waals surface area contributed by atoms with Crippen molar-refractivity contribution in [3.8, 4) is 0 Å². The van der Waals surface area contributed by atoms with Crippen molar-refractivity contribution < 1.29 is 0 Å². The summed E-state index contributed by atoms with van der Waals surface area (Å²) in [6, 6.07) is 6.62. The highest BCUT2D eigenvalue weighted by atomic mass is 32.2. The quantitative estimate of drug-likeness (QED) is 0.883. The first-order valence-electron chi connectivity index (χ1n) is 6.16. The van der Waals surface area contributed by atoms with Gasteiger partial charge < -0.3 is 4.90 Å². The van der Waals surface area contributed by atoms with Crippen LogP contribution in [0.5, 0.6) is 0 Å². The second kappa shape index (κ2) is 5.13. The fourth-order valence-corrected chi connectivity index (χ4v) is 2.99. The first-order chi connectivity index (χ1) is 8.08. The van der Waals surface area contributed by atoms with E-state index in [0.29, 0.717) is 11.1 Å². The summed E-state index contributed by atoms with van der Waals surface area (Å²) in [4.78, 5) is 2.15. The standard InChI is InChI=1S/C14H20N2S/c1-10(2)8-12-5-4-11(3)9-13(12)16-6-7-17-14(16)15/h4-5,9-10,15H,6-8H2,1-3H3. The number of nitrogens with zero attached hydrogens (tertiary/aromatic N) is 1. The van der Waals surface area contributed by atoms with Gasteiger partial charge in [0.25, 0.3) is 0 Å². The van der Waals surface area contributed by atoms with Crippen LogP contribution in [0.2, 0.25) is 0 Å². The van der Waals surface area contributed by atoms with Crippen molar-refractivity contribution >= 4 is 22.6 Å². The van der Waals surface area contributed by atoms with Crippen LogP contribution in [-0.2, 0) is 6.42 Å². The first-order valence-corrected chi connectivity index (χ1v) is 7.15. The number of nitrogens with one attached hydrogen (secondary N) is 1. The van der Waals surface area contributed by atoms with Crippen LogP contribution in [0.1, 0.15) is 25.0 Å². The molecule has 0 radical (unpaired) electrons. The lowest BCUT2D eigenvalue weighted by Crippen LogP contribution is -2.24. The summed E-state index contributed by atoms with van der Waals surface area (Å²) in [5.74, 6) is 1.69. The highest BCUT2D eigenvalue weighted by Crippen LogP contribution is 2.30. The molecular weight excluding hydrogens is 228 g/mol. The summed E-state index contributed by atoms with van der Waals surface area (Å²) in [6.45, 7) is 7.58. The first kappa shape index (κ1) is 12.5. The second-order valence-corrected chi connectivity index (χ2v) is 6.12. The summed E-state index contributed by atoms with van der Waals surface area (Å²) in [5, 5.41) is 8.68. The number of anilines is 1. The molecule has 0 amide bonds. The molecule has 1 fully saturated rings. The third-order valence-electron chi connectivity index (χ3n) is 2.96. The van der Waals surface area contributed by atoms with Crippen molar-refractivity contribution in [1.82, 2.24) is 0 Å². The molecule has 0 unspecified atom stereocenters. The van der Waals surface area contributed by atoms with Crippen LogP contribution < -0.4 is 4.90 Å². The summed E-state index contributed by atoms with van der Waals surface area (Å²) < 4.78 is 0. The van der Waals surface area contributed by atoms with E-state index < -0.39 is 0 Å². The molecule has 1 heterocycles. The zero-order chi connectivity index (χ0) is 12.4. The fraction of sp³-hybridized carbons (Fsp3) is 0.500. The molecule has 2 nitrogen and oxygen atoms in total. The minimum absolute atomic E-state index is 0.654. The van der Waals surface area contributed by atoms with E-state index in [-0.39, 0.29) is 0 Å². The van der Waals surface area contributed by atoms with Gasteiger partial charge in [0.15, 0.2) is 5.17 Å². The van der Waals surface area contributed by atoms with Gasteiger partial charge in [-0.3, -0.25) is 5.41 Å². The van der Waals surface area contributed by atoms with Gasteiger partial charge in [0.1, 0.15) is 0 Å². The van der Waals surface area contributed by atoms with E-state index in [1.165, 1.54) is 16.8 Å². The number of hydrogen-bond donors (Lipinski definition) is 1. The van der Waals surface area contributed by atoms with E-state index in [9.17, 15) is 0 Å². The zero-order valence-corrected chi connectivity index (χ0v) is 11.6. The van der Waals surface area contributed by atoms with Gasteiger partial charge in [0, 0.05) is 18.0 Å². The van der Waals surface area contributed by atoms with Gasteiger partial charge in [-0.15, -0.1) is 0 Å². The molecular formula is C14H20N2S. The van der Waals surface area contributed by atoms with Crippen LogP contribution >= 0.6 is 11.8 Å². The van der Waals surface area contributed by atoms with Gasteiger partial charge in [0.2, 0.25) is 0 Å². The average Bonchev–Trinajstić information content (AvgIpc) is 2.66. The summed E-state index contributed by atoms with van der Waals surface area (Å²) in [7, 11) is 0. The van der Waals surface area contributed by atoms with E-state index in [1.807, 2.05) is 0 Å². The van der Waals surface area contributed by atoms with E-state index in [2.05, 4.69) is 43.9 Å². The van der Waals surface area contributed by atoms with E-state index >= 15 is 0 Å². The molecule has 0 aromatic heterocycles. The van der Waals surface area contributed by atoms with Crippen LogP contribution in [-0.4, -0.2) is 17.5 Å². The zero-order valence-electron chi connectivity index (χ0n) is 10.8. The molecule has 1 N–H and O–H groups in total. The summed E-state index contributed by atoms with van der Waals surface area (Å²) in [5.41, 5.74) is 3.89. The van der Waals surface area contributed by atoms with E-state index in [1.54, 1.807) is 11.8 Å². The highest BCUT2D eigenvalue weighted by Gasteiger charge is 2.21. The van der Waals surface area contributed by atoms with E-state index in [0.717, 1.165) is 18.7 Å². The third-order valence-corrected chi connectivity index (χ3v) is 3.84. The molecule has 2 rings (SSSR count). The van der Waals surface area contributed by atoms with Crippen LogP contribution in [0.15, 0.2) is 18.2 Å². The Hall–Kier alpha value is -0.960. The summed E-state index contributed by atoms with van der Waals surface area (Å²) >= 11 is 1.64. The predicted molar refractivity (Wildman–Crippen MR) is 77.3 cm³/mol. The molecule has 1 saturated heterocycles. The van der Waals surface area contributed by atoms with Gasteiger partial charge in [-0.25, -0.2) is 0 Å². The van der Waals surface area contributed by atoms with Gasteiger partial charge in [-0.1, -0.05) is 37.7 Å². The predicted octanol–water partition coefficient (Wildman–Crippen LogP) is 3.68. The Balaban J connectivity index is 2.35. The van der Waals surface area contributed by atoms with Gasteiger partial charge >= 0.3 is 0 Å². The number of benzene rings is 1. The monoisotopic (exact) mass is 248 g/mol. The highest BCUT2D eigenvalue weighted by molar-refractivity contribution is 8.14.